The van der Waals surface area contributed by atoms with Crippen molar-refractivity contribution in [1.29, 1.82) is 0 Å². The van der Waals surface area contributed by atoms with E-state index in [9.17, 15) is 4.79 Å². The molecule has 0 aromatic carbocycles. The van der Waals surface area contributed by atoms with E-state index in [0.717, 1.165) is 39.0 Å². The Balaban J connectivity index is 1.53. The second-order valence-corrected chi connectivity index (χ2v) is 7.70. The molecule has 1 atom stereocenters. The average Bonchev–Trinajstić information content (AvgIpc) is 3.28. The van der Waals surface area contributed by atoms with Gasteiger partial charge in [0.1, 0.15) is 0 Å². The Hall–Kier alpha value is -1.07. The zero-order valence-corrected chi connectivity index (χ0v) is 15.1. The fourth-order valence-electron chi connectivity index (χ4n) is 3.72. The molecule has 0 radical (unpaired) electrons. The Morgan fingerprint density at radius 1 is 1.30 bits per heavy atom. The Bertz CT molecular complexity index is 488. The highest BCUT2D eigenvalue weighted by atomic mass is 32.1. The molecule has 1 saturated carbocycles. The van der Waals surface area contributed by atoms with Gasteiger partial charge < -0.3 is 15.1 Å². The third-order valence-corrected chi connectivity index (χ3v) is 6.26. The van der Waals surface area contributed by atoms with Gasteiger partial charge in [-0.1, -0.05) is 19.9 Å². The van der Waals surface area contributed by atoms with Gasteiger partial charge in [0.2, 0.25) is 0 Å². The minimum atomic E-state index is 0.133. The number of likely N-dealkylation sites (tertiary alicyclic amines) is 1. The summed E-state index contributed by atoms with van der Waals surface area (Å²) in [4.78, 5) is 18.5. The van der Waals surface area contributed by atoms with Crippen LogP contribution in [0.3, 0.4) is 0 Å². The molecule has 2 aliphatic rings. The second kappa shape index (κ2) is 7.67. The Morgan fingerprint density at radius 3 is 2.52 bits per heavy atom. The molecule has 23 heavy (non-hydrogen) atoms. The first kappa shape index (κ1) is 16.8. The van der Waals surface area contributed by atoms with Gasteiger partial charge in [-0.25, -0.2) is 4.79 Å². The van der Waals surface area contributed by atoms with Crippen LogP contribution in [0, 0.1) is 5.92 Å². The summed E-state index contributed by atoms with van der Waals surface area (Å²) in [6.07, 6.45) is 4.68. The van der Waals surface area contributed by atoms with E-state index in [1.807, 2.05) is 4.90 Å². The van der Waals surface area contributed by atoms with Gasteiger partial charge in [0.15, 0.2) is 0 Å². The van der Waals surface area contributed by atoms with Crippen molar-refractivity contribution in [1.82, 2.24) is 15.1 Å². The van der Waals surface area contributed by atoms with Crippen LogP contribution in [-0.2, 0) is 0 Å². The van der Waals surface area contributed by atoms with Crippen LogP contribution in [0.2, 0.25) is 0 Å². The molecule has 0 bridgehead atoms. The molecule has 1 saturated heterocycles. The van der Waals surface area contributed by atoms with E-state index in [2.05, 4.69) is 41.6 Å². The number of urea groups is 1. The Morgan fingerprint density at radius 2 is 2.00 bits per heavy atom. The normalized spacial score (nSPS) is 20.7. The van der Waals surface area contributed by atoms with Gasteiger partial charge in [-0.2, -0.15) is 0 Å². The first-order valence-corrected chi connectivity index (χ1v) is 9.93. The predicted octanol–water partition coefficient (Wildman–Crippen LogP) is 3.72. The van der Waals surface area contributed by atoms with Crippen molar-refractivity contribution < 1.29 is 4.79 Å². The number of piperidine rings is 1. The summed E-state index contributed by atoms with van der Waals surface area (Å²) < 4.78 is 0. The van der Waals surface area contributed by atoms with Crippen LogP contribution in [0.15, 0.2) is 17.5 Å². The fraction of sp³-hybridized carbons (Fsp3) is 0.722. The number of hydrogen-bond donors (Lipinski definition) is 1. The number of hydrogen-bond acceptors (Lipinski definition) is 3. The molecular weight excluding hydrogens is 306 g/mol. The van der Waals surface area contributed by atoms with Crippen molar-refractivity contribution in [2.24, 2.45) is 5.92 Å². The molecule has 3 rings (SSSR count). The van der Waals surface area contributed by atoms with E-state index in [0.29, 0.717) is 12.0 Å². The maximum absolute atomic E-state index is 12.7. The van der Waals surface area contributed by atoms with Crippen LogP contribution in [0.4, 0.5) is 4.79 Å². The molecule has 1 aliphatic heterocycles. The van der Waals surface area contributed by atoms with E-state index in [4.69, 9.17) is 0 Å². The van der Waals surface area contributed by atoms with Gasteiger partial charge in [-0.3, -0.25) is 0 Å². The molecule has 2 heterocycles. The minimum absolute atomic E-state index is 0.133. The van der Waals surface area contributed by atoms with Gasteiger partial charge in [-0.15, -0.1) is 11.3 Å². The van der Waals surface area contributed by atoms with Crippen molar-refractivity contribution in [3.8, 4) is 0 Å². The van der Waals surface area contributed by atoms with Gasteiger partial charge in [0.25, 0.3) is 0 Å². The smallest absolute Gasteiger partial charge is 0.317 e. The predicted molar refractivity (Wildman–Crippen MR) is 95.8 cm³/mol. The van der Waals surface area contributed by atoms with Crippen LogP contribution >= 0.6 is 11.3 Å². The number of carbonyl (C=O) groups is 1. The third-order valence-electron chi connectivity index (χ3n) is 5.30. The fourth-order valence-corrected chi connectivity index (χ4v) is 4.59. The highest BCUT2D eigenvalue weighted by Crippen LogP contribution is 2.42. The highest BCUT2D eigenvalue weighted by molar-refractivity contribution is 7.10. The lowest BCUT2D eigenvalue weighted by Gasteiger charge is -2.38. The average molecular weight is 336 g/mol. The van der Waals surface area contributed by atoms with E-state index in [1.54, 1.807) is 11.3 Å². The molecule has 1 N–H and O–H groups in total. The lowest BCUT2D eigenvalue weighted by atomic mass is 10.0. The molecule has 0 unspecified atom stereocenters. The number of nitrogens with zero attached hydrogens (tertiary/aromatic N) is 2. The molecule has 5 heteroatoms. The van der Waals surface area contributed by atoms with Gasteiger partial charge >= 0.3 is 6.03 Å². The molecule has 128 valence electrons. The van der Waals surface area contributed by atoms with Crippen LogP contribution in [0.1, 0.15) is 50.4 Å². The maximum atomic E-state index is 12.7. The molecular formula is C18H29N3OS. The Kier molecular flexibility index (Phi) is 5.59. The number of amides is 2. The van der Waals surface area contributed by atoms with Crippen molar-refractivity contribution in [2.75, 3.05) is 26.2 Å². The summed E-state index contributed by atoms with van der Waals surface area (Å²) in [7, 11) is 0. The monoisotopic (exact) mass is 335 g/mol. The van der Waals surface area contributed by atoms with Crippen LogP contribution in [0.25, 0.3) is 0 Å². The number of nitrogens with one attached hydrogen (secondary N) is 1. The maximum Gasteiger partial charge on any atom is 0.317 e. The zero-order chi connectivity index (χ0) is 16.2. The van der Waals surface area contributed by atoms with Crippen LogP contribution in [-0.4, -0.2) is 48.1 Å². The summed E-state index contributed by atoms with van der Waals surface area (Å²) in [6, 6.07) is 5.24. The third kappa shape index (κ3) is 4.07. The summed E-state index contributed by atoms with van der Waals surface area (Å²) in [5.41, 5.74) is 0. The SMILES string of the molecule is CCN(CC)C1CCN(C(=O)N[C@@H](c2cccs2)C2CC2)CC1. The van der Waals surface area contributed by atoms with E-state index < -0.39 is 0 Å². The molecule has 2 fully saturated rings. The van der Waals surface area contributed by atoms with Crippen molar-refractivity contribution in [2.45, 2.75) is 51.6 Å². The topological polar surface area (TPSA) is 35.6 Å². The molecule has 1 aromatic heterocycles. The lowest BCUT2D eigenvalue weighted by Crippen LogP contribution is -2.50. The lowest BCUT2D eigenvalue weighted by molar-refractivity contribution is 0.123. The summed E-state index contributed by atoms with van der Waals surface area (Å²) in [6.45, 7) is 8.43. The molecule has 4 nitrogen and oxygen atoms in total. The van der Waals surface area contributed by atoms with Gasteiger partial charge in [-0.05, 0) is 56.1 Å². The van der Waals surface area contributed by atoms with Crippen molar-refractivity contribution in [3.63, 3.8) is 0 Å². The molecule has 1 aliphatic carbocycles. The first-order chi connectivity index (χ1) is 11.2. The van der Waals surface area contributed by atoms with Gasteiger partial charge in [0.05, 0.1) is 6.04 Å². The highest BCUT2D eigenvalue weighted by Gasteiger charge is 2.35. The van der Waals surface area contributed by atoms with E-state index in [1.165, 1.54) is 17.7 Å². The van der Waals surface area contributed by atoms with Crippen LogP contribution in [0.5, 0.6) is 0 Å². The first-order valence-electron chi connectivity index (χ1n) is 9.05. The quantitative estimate of drug-likeness (QED) is 0.860. The standard InChI is InChI=1S/C18H29N3OS/c1-3-20(4-2)15-9-11-21(12-10-15)18(22)19-17(14-7-8-14)16-6-5-13-23-16/h5-6,13-15,17H,3-4,7-12H2,1-2H3,(H,19,22)/t17-/m1/s1. The van der Waals surface area contributed by atoms with Crippen LogP contribution < -0.4 is 5.32 Å². The Labute approximate surface area is 143 Å². The number of carbonyl (C=O) groups excluding carboxylic acids is 1. The van der Waals surface area contributed by atoms with Gasteiger partial charge in [0, 0.05) is 24.0 Å². The van der Waals surface area contributed by atoms with Crippen molar-refractivity contribution >= 4 is 17.4 Å². The second-order valence-electron chi connectivity index (χ2n) is 6.72. The summed E-state index contributed by atoms with van der Waals surface area (Å²) in [5.74, 6) is 0.644. The summed E-state index contributed by atoms with van der Waals surface area (Å²) >= 11 is 1.76. The number of rotatable bonds is 6. The van der Waals surface area contributed by atoms with E-state index in [-0.39, 0.29) is 12.1 Å². The molecule has 1 aromatic rings. The minimum Gasteiger partial charge on any atom is -0.330 e. The molecule has 2 amide bonds. The van der Waals surface area contributed by atoms with Crippen molar-refractivity contribution in [3.05, 3.63) is 22.4 Å². The zero-order valence-electron chi connectivity index (χ0n) is 14.3. The largest absolute Gasteiger partial charge is 0.330 e. The van der Waals surface area contributed by atoms with E-state index >= 15 is 0 Å². The molecule has 0 spiro atoms. The number of thiophene rings is 1. The summed E-state index contributed by atoms with van der Waals surface area (Å²) in [5, 5.41) is 5.41.